The van der Waals surface area contributed by atoms with Crippen LogP contribution in [0.3, 0.4) is 0 Å². The van der Waals surface area contributed by atoms with Crippen molar-refractivity contribution in [1.82, 2.24) is 0 Å². The fourth-order valence-electron chi connectivity index (χ4n) is 0.662. The summed E-state index contributed by atoms with van der Waals surface area (Å²) in [6.07, 6.45) is 0. The van der Waals surface area contributed by atoms with Gasteiger partial charge in [-0.25, -0.2) is 0 Å². The van der Waals surface area contributed by atoms with Crippen LogP contribution in [0.5, 0.6) is 0 Å². The minimum absolute atomic E-state index is 0.126. The first kappa shape index (κ1) is 7.44. The molecule has 0 aliphatic rings. The van der Waals surface area contributed by atoms with Crippen molar-refractivity contribution in [3.8, 4) is 0 Å². The number of hydrogen-bond donors (Lipinski definition) is 1. The van der Waals surface area contributed by atoms with Gasteiger partial charge in [-0.1, -0.05) is 6.07 Å². The van der Waals surface area contributed by atoms with Crippen LogP contribution in [0.25, 0.3) is 0 Å². The van der Waals surface area contributed by atoms with Crippen molar-refractivity contribution in [2.45, 2.75) is 13.0 Å². The molecule has 3 heteroatoms. The smallest absolute Gasteiger partial charge is 0.229 e. The molecule has 0 unspecified atom stereocenters. The molecule has 0 saturated heterocycles. The topological polar surface area (TPSA) is 44.7 Å². The number of rotatable bonds is 2. The second-order valence-corrected chi connectivity index (χ2v) is 3.19. The van der Waals surface area contributed by atoms with E-state index in [9.17, 15) is 4.79 Å². The van der Waals surface area contributed by atoms with Crippen LogP contribution in [-0.4, -0.2) is 11.8 Å². The lowest BCUT2D eigenvalue weighted by molar-refractivity contribution is -0.392. The van der Waals surface area contributed by atoms with E-state index >= 15 is 0 Å². The van der Waals surface area contributed by atoms with Gasteiger partial charge in [0.2, 0.25) is 5.78 Å². The molecule has 0 aliphatic heterocycles. The van der Waals surface area contributed by atoms with E-state index in [1.165, 1.54) is 11.3 Å². The predicted molar refractivity (Wildman–Crippen MR) is 41.0 cm³/mol. The Bertz CT molecular complexity index is 216. The van der Waals surface area contributed by atoms with Gasteiger partial charge in [-0.05, 0) is 18.4 Å². The second kappa shape index (κ2) is 2.94. The van der Waals surface area contributed by atoms with E-state index in [0.29, 0.717) is 0 Å². The SMILES string of the molecule is C[C@H]([NH3+])C(=O)c1cccs1. The van der Waals surface area contributed by atoms with Crippen LogP contribution in [0, 0.1) is 0 Å². The van der Waals surface area contributed by atoms with Crippen LogP contribution in [0.1, 0.15) is 16.6 Å². The van der Waals surface area contributed by atoms with Crippen molar-refractivity contribution in [3.63, 3.8) is 0 Å². The molecule has 0 fully saturated rings. The van der Waals surface area contributed by atoms with Gasteiger partial charge in [0.05, 0.1) is 4.88 Å². The fraction of sp³-hybridized carbons (Fsp3) is 0.286. The molecule has 2 nitrogen and oxygen atoms in total. The van der Waals surface area contributed by atoms with Gasteiger partial charge < -0.3 is 5.73 Å². The standard InChI is InChI=1S/C7H9NOS/c1-5(8)7(9)6-3-2-4-10-6/h2-5H,8H2,1H3/p+1/t5-/m0/s1. The molecule has 54 valence electrons. The summed E-state index contributed by atoms with van der Waals surface area (Å²) in [5, 5.41) is 1.90. The molecule has 1 aromatic rings. The summed E-state index contributed by atoms with van der Waals surface area (Å²) in [5.41, 5.74) is 3.65. The number of ketones is 1. The van der Waals surface area contributed by atoms with E-state index in [4.69, 9.17) is 0 Å². The second-order valence-electron chi connectivity index (χ2n) is 2.24. The number of carbonyl (C=O) groups excluding carboxylic acids is 1. The van der Waals surface area contributed by atoms with E-state index < -0.39 is 0 Å². The largest absolute Gasteiger partial charge is 0.349 e. The molecule has 0 bridgehead atoms. The molecule has 0 aliphatic carbocycles. The molecule has 0 aromatic carbocycles. The van der Waals surface area contributed by atoms with Crippen molar-refractivity contribution < 1.29 is 10.5 Å². The highest BCUT2D eigenvalue weighted by molar-refractivity contribution is 7.12. The quantitative estimate of drug-likeness (QED) is 0.625. The first-order chi connectivity index (χ1) is 4.72. The Morgan fingerprint density at radius 1 is 1.80 bits per heavy atom. The Hall–Kier alpha value is -0.670. The summed E-state index contributed by atoms with van der Waals surface area (Å²) in [7, 11) is 0. The van der Waals surface area contributed by atoms with Crippen LogP contribution >= 0.6 is 11.3 Å². The zero-order chi connectivity index (χ0) is 7.56. The summed E-state index contributed by atoms with van der Waals surface area (Å²) in [6.45, 7) is 1.81. The Balaban J connectivity index is 2.78. The van der Waals surface area contributed by atoms with E-state index in [1.807, 2.05) is 24.4 Å². The van der Waals surface area contributed by atoms with Crippen LogP contribution in [-0.2, 0) is 0 Å². The minimum Gasteiger partial charge on any atom is -0.349 e. The highest BCUT2D eigenvalue weighted by Crippen LogP contribution is 2.09. The molecule has 1 aromatic heterocycles. The van der Waals surface area contributed by atoms with Gasteiger partial charge in [0.25, 0.3) is 0 Å². The number of Topliss-reactive ketones (excluding diaryl/α,β-unsaturated/α-hetero) is 1. The molecule has 0 amide bonds. The number of thiophene rings is 1. The maximum absolute atomic E-state index is 11.2. The fourth-order valence-corrected chi connectivity index (χ4v) is 1.44. The summed E-state index contributed by atoms with van der Waals surface area (Å²) < 4.78 is 0. The number of quaternary nitrogens is 1. The summed E-state index contributed by atoms with van der Waals surface area (Å²) >= 11 is 1.47. The highest BCUT2D eigenvalue weighted by Gasteiger charge is 2.13. The van der Waals surface area contributed by atoms with Crippen LogP contribution in [0.2, 0.25) is 0 Å². The lowest BCUT2D eigenvalue weighted by Crippen LogP contribution is -2.62. The van der Waals surface area contributed by atoms with E-state index in [-0.39, 0.29) is 11.8 Å². The van der Waals surface area contributed by atoms with Gasteiger partial charge in [-0.3, -0.25) is 4.79 Å². The van der Waals surface area contributed by atoms with Crippen LogP contribution in [0.15, 0.2) is 17.5 Å². The highest BCUT2D eigenvalue weighted by atomic mass is 32.1. The first-order valence-electron chi connectivity index (χ1n) is 3.12. The van der Waals surface area contributed by atoms with Crippen molar-refractivity contribution in [3.05, 3.63) is 22.4 Å². The van der Waals surface area contributed by atoms with Gasteiger partial charge in [0.15, 0.2) is 0 Å². The maximum Gasteiger partial charge on any atom is 0.229 e. The average molecular weight is 156 g/mol. The van der Waals surface area contributed by atoms with Gasteiger partial charge >= 0.3 is 0 Å². The molecule has 1 rings (SSSR count). The third-order valence-electron chi connectivity index (χ3n) is 1.21. The summed E-state index contributed by atoms with van der Waals surface area (Å²) in [5.74, 6) is 0.134. The van der Waals surface area contributed by atoms with E-state index in [0.717, 1.165) is 4.88 Å². The Kier molecular flexibility index (Phi) is 2.19. The Labute approximate surface area is 63.7 Å². The lowest BCUT2D eigenvalue weighted by Gasteiger charge is -1.95. The van der Waals surface area contributed by atoms with Crippen molar-refractivity contribution >= 4 is 17.1 Å². The van der Waals surface area contributed by atoms with Crippen molar-refractivity contribution in [2.75, 3.05) is 0 Å². The monoisotopic (exact) mass is 156 g/mol. The predicted octanol–water partition coefficient (Wildman–Crippen LogP) is 0.561. The zero-order valence-electron chi connectivity index (χ0n) is 5.83. The van der Waals surface area contributed by atoms with Crippen molar-refractivity contribution in [1.29, 1.82) is 0 Å². The summed E-state index contributed by atoms with van der Waals surface area (Å²) in [6, 6.07) is 3.58. The van der Waals surface area contributed by atoms with Crippen LogP contribution < -0.4 is 5.73 Å². The molecule has 1 atom stereocenters. The van der Waals surface area contributed by atoms with Crippen LogP contribution in [0.4, 0.5) is 0 Å². The van der Waals surface area contributed by atoms with E-state index in [2.05, 4.69) is 5.73 Å². The lowest BCUT2D eigenvalue weighted by atomic mass is 10.2. The molecule has 1 heterocycles. The van der Waals surface area contributed by atoms with Gasteiger partial charge in [0, 0.05) is 0 Å². The molecule has 0 spiro atoms. The number of hydrogen-bond acceptors (Lipinski definition) is 2. The normalized spacial score (nSPS) is 13.0. The third kappa shape index (κ3) is 1.43. The number of carbonyl (C=O) groups is 1. The third-order valence-corrected chi connectivity index (χ3v) is 2.10. The van der Waals surface area contributed by atoms with Gasteiger partial charge in [-0.15, -0.1) is 11.3 Å². The molecule has 10 heavy (non-hydrogen) atoms. The van der Waals surface area contributed by atoms with Gasteiger partial charge in [-0.2, -0.15) is 0 Å². The Morgan fingerprint density at radius 3 is 2.90 bits per heavy atom. The van der Waals surface area contributed by atoms with Gasteiger partial charge in [0.1, 0.15) is 6.04 Å². The minimum atomic E-state index is -0.126. The molecular weight excluding hydrogens is 146 g/mol. The van der Waals surface area contributed by atoms with Crippen molar-refractivity contribution in [2.24, 2.45) is 0 Å². The molecule has 0 saturated carbocycles. The molecule has 0 radical (unpaired) electrons. The molecular formula is C7H10NOS+. The average Bonchev–Trinajstić information content (AvgIpc) is 2.36. The first-order valence-corrected chi connectivity index (χ1v) is 4.00. The molecule has 3 N–H and O–H groups in total. The Morgan fingerprint density at radius 2 is 2.50 bits per heavy atom. The zero-order valence-corrected chi connectivity index (χ0v) is 6.65. The van der Waals surface area contributed by atoms with E-state index in [1.54, 1.807) is 0 Å². The maximum atomic E-state index is 11.2. The summed E-state index contributed by atoms with van der Waals surface area (Å²) in [4.78, 5) is 12.0.